The fraction of sp³-hybridized carbons (Fsp3) is 0.364. The van der Waals surface area contributed by atoms with Gasteiger partial charge in [0.2, 0.25) is 0 Å². The summed E-state index contributed by atoms with van der Waals surface area (Å²) >= 11 is 0. The van der Waals surface area contributed by atoms with Crippen molar-refractivity contribution in [3.63, 3.8) is 0 Å². The lowest BCUT2D eigenvalue weighted by Crippen LogP contribution is -2.48. The Morgan fingerprint density at radius 1 is 1.17 bits per heavy atom. The molecule has 2 heterocycles. The molecule has 30 heavy (non-hydrogen) atoms. The Morgan fingerprint density at radius 2 is 1.90 bits per heavy atom. The van der Waals surface area contributed by atoms with Gasteiger partial charge in [0.1, 0.15) is 17.5 Å². The average molecular weight is 428 g/mol. The number of nitrogens with zero attached hydrogens (tertiary/aromatic N) is 2. The second-order valence-electron chi connectivity index (χ2n) is 8.55. The number of carbonyl (C=O) groups excluding carboxylic acids is 1. The topological polar surface area (TPSA) is 92.4 Å². The number of aromatic amines is 1. The first-order valence-electron chi connectivity index (χ1n) is 9.85. The van der Waals surface area contributed by atoms with Gasteiger partial charge in [0, 0.05) is 12.1 Å². The van der Waals surface area contributed by atoms with Crippen LogP contribution >= 0.6 is 0 Å². The van der Waals surface area contributed by atoms with Gasteiger partial charge < -0.3 is 9.72 Å². The van der Waals surface area contributed by atoms with Gasteiger partial charge in [-0.15, -0.1) is 0 Å². The lowest BCUT2D eigenvalue weighted by Gasteiger charge is -2.35. The molecular formula is C22H25N3O4S. The lowest BCUT2D eigenvalue weighted by molar-refractivity contribution is 0.0174. The summed E-state index contributed by atoms with van der Waals surface area (Å²) < 4.78 is 30.1. The molecule has 0 aliphatic carbocycles. The van der Waals surface area contributed by atoms with Crippen LogP contribution in [-0.2, 0) is 14.6 Å². The Kier molecular flexibility index (Phi) is 5.05. The van der Waals surface area contributed by atoms with Gasteiger partial charge in [-0.25, -0.2) is 18.2 Å². The highest BCUT2D eigenvalue weighted by Gasteiger charge is 2.38. The van der Waals surface area contributed by atoms with Crippen LogP contribution in [0.1, 0.15) is 32.6 Å². The molecule has 1 atom stereocenters. The zero-order valence-corrected chi connectivity index (χ0v) is 18.1. The standard InChI is InChI=1S/C22H25N3O4S/c1-22(2,3)29-21(26)25-10-11-30(27,28)14-19(25)20-23-13-18(24-20)17-9-8-15-6-4-5-7-16(15)12-17/h4-9,12-13,19H,10-11,14H2,1-3H3,(H,23,24). The number of carbonyl (C=O) groups is 1. The van der Waals surface area contributed by atoms with Crippen molar-refractivity contribution in [2.24, 2.45) is 0 Å². The Bertz CT molecular complexity index is 1190. The number of imidazole rings is 1. The quantitative estimate of drug-likeness (QED) is 0.669. The van der Waals surface area contributed by atoms with Gasteiger partial charge in [-0.2, -0.15) is 0 Å². The summed E-state index contributed by atoms with van der Waals surface area (Å²) in [6, 6.07) is 13.4. The predicted molar refractivity (Wildman–Crippen MR) is 116 cm³/mol. The molecule has 1 aliphatic rings. The molecule has 2 aromatic carbocycles. The maximum Gasteiger partial charge on any atom is 0.410 e. The largest absolute Gasteiger partial charge is 0.444 e. The molecule has 1 aliphatic heterocycles. The van der Waals surface area contributed by atoms with E-state index in [0.717, 1.165) is 22.0 Å². The summed E-state index contributed by atoms with van der Waals surface area (Å²) in [6.45, 7) is 5.43. The second kappa shape index (κ2) is 7.43. The minimum atomic E-state index is -3.28. The summed E-state index contributed by atoms with van der Waals surface area (Å²) in [4.78, 5) is 21.8. The van der Waals surface area contributed by atoms with Crippen molar-refractivity contribution in [2.45, 2.75) is 32.4 Å². The molecule has 8 heteroatoms. The first-order valence-corrected chi connectivity index (χ1v) is 11.7. The van der Waals surface area contributed by atoms with Crippen LogP contribution < -0.4 is 0 Å². The van der Waals surface area contributed by atoms with Crippen LogP contribution in [0, 0.1) is 0 Å². The van der Waals surface area contributed by atoms with E-state index < -0.39 is 27.6 Å². The first-order chi connectivity index (χ1) is 14.1. The molecule has 158 valence electrons. The molecule has 1 unspecified atom stereocenters. The highest BCUT2D eigenvalue weighted by molar-refractivity contribution is 7.91. The van der Waals surface area contributed by atoms with E-state index >= 15 is 0 Å². The van der Waals surface area contributed by atoms with E-state index in [2.05, 4.69) is 16.0 Å². The van der Waals surface area contributed by atoms with Crippen molar-refractivity contribution in [2.75, 3.05) is 18.1 Å². The third kappa shape index (κ3) is 4.33. The van der Waals surface area contributed by atoms with Crippen molar-refractivity contribution in [1.82, 2.24) is 14.9 Å². The monoisotopic (exact) mass is 427 g/mol. The van der Waals surface area contributed by atoms with Gasteiger partial charge in [-0.05, 0) is 37.6 Å². The number of rotatable bonds is 2. The number of aromatic nitrogens is 2. The number of amides is 1. The number of hydrogen-bond acceptors (Lipinski definition) is 5. The maximum atomic E-state index is 12.7. The van der Waals surface area contributed by atoms with Crippen molar-refractivity contribution in [3.05, 3.63) is 54.5 Å². The fourth-order valence-corrected chi connectivity index (χ4v) is 5.04. The summed E-state index contributed by atoms with van der Waals surface area (Å²) in [5.74, 6) is 0.171. The Hall–Kier alpha value is -2.87. The van der Waals surface area contributed by atoms with Crippen LogP contribution in [-0.4, -0.2) is 53.0 Å². The van der Waals surface area contributed by atoms with E-state index in [1.807, 2.05) is 36.4 Å². The molecule has 0 spiro atoms. The summed E-state index contributed by atoms with van der Waals surface area (Å²) in [6.07, 6.45) is 1.14. The zero-order valence-electron chi connectivity index (χ0n) is 17.3. The Labute approximate surface area is 176 Å². The summed E-state index contributed by atoms with van der Waals surface area (Å²) in [7, 11) is -3.28. The van der Waals surface area contributed by atoms with E-state index in [9.17, 15) is 13.2 Å². The van der Waals surface area contributed by atoms with E-state index in [1.54, 1.807) is 27.0 Å². The van der Waals surface area contributed by atoms with Crippen LogP contribution in [0.5, 0.6) is 0 Å². The molecule has 1 amide bonds. The molecule has 1 fully saturated rings. The van der Waals surface area contributed by atoms with Crippen molar-refractivity contribution in [1.29, 1.82) is 0 Å². The van der Waals surface area contributed by atoms with Crippen LogP contribution in [0.15, 0.2) is 48.7 Å². The number of fused-ring (bicyclic) bond motifs is 1. The van der Waals surface area contributed by atoms with Crippen LogP contribution in [0.2, 0.25) is 0 Å². The van der Waals surface area contributed by atoms with Gasteiger partial charge in [-0.1, -0.05) is 36.4 Å². The highest BCUT2D eigenvalue weighted by Crippen LogP contribution is 2.29. The highest BCUT2D eigenvalue weighted by atomic mass is 32.2. The van der Waals surface area contributed by atoms with Crippen LogP contribution in [0.25, 0.3) is 22.0 Å². The lowest BCUT2D eigenvalue weighted by atomic mass is 10.1. The molecular weight excluding hydrogens is 402 g/mol. The number of sulfone groups is 1. The molecule has 3 aromatic rings. The van der Waals surface area contributed by atoms with Crippen LogP contribution in [0.3, 0.4) is 0 Å². The second-order valence-corrected chi connectivity index (χ2v) is 10.8. The van der Waals surface area contributed by atoms with E-state index in [4.69, 9.17) is 4.74 Å². The van der Waals surface area contributed by atoms with Gasteiger partial charge in [-0.3, -0.25) is 4.90 Å². The van der Waals surface area contributed by atoms with Gasteiger partial charge in [0.05, 0.1) is 23.4 Å². The molecule has 1 saturated heterocycles. The minimum Gasteiger partial charge on any atom is -0.444 e. The summed E-state index contributed by atoms with van der Waals surface area (Å²) in [5.41, 5.74) is 1.04. The van der Waals surface area contributed by atoms with Gasteiger partial charge in [0.25, 0.3) is 0 Å². The van der Waals surface area contributed by atoms with Gasteiger partial charge in [0.15, 0.2) is 9.84 Å². The number of ether oxygens (including phenoxy) is 1. The molecule has 0 saturated carbocycles. The Balaban J connectivity index is 1.66. The van der Waals surface area contributed by atoms with Crippen LogP contribution in [0.4, 0.5) is 4.79 Å². The maximum absolute atomic E-state index is 12.7. The molecule has 1 N–H and O–H groups in total. The van der Waals surface area contributed by atoms with Gasteiger partial charge >= 0.3 is 6.09 Å². The normalized spacial score (nSPS) is 19.0. The average Bonchev–Trinajstić information content (AvgIpc) is 3.15. The number of H-pyrrole nitrogens is 1. The third-order valence-corrected chi connectivity index (χ3v) is 6.66. The van der Waals surface area contributed by atoms with Crippen molar-refractivity contribution < 1.29 is 17.9 Å². The number of benzene rings is 2. The first kappa shape index (κ1) is 20.4. The predicted octanol–water partition coefficient (Wildman–Crippen LogP) is 3.94. The summed E-state index contributed by atoms with van der Waals surface area (Å²) in [5, 5.41) is 2.23. The number of hydrogen-bond donors (Lipinski definition) is 1. The molecule has 7 nitrogen and oxygen atoms in total. The SMILES string of the molecule is CC(C)(C)OC(=O)N1CCS(=O)(=O)CC1c1ncc(-c2ccc3ccccc3c2)[nH]1. The van der Waals surface area contributed by atoms with Crippen molar-refractivity contribution >= 4 is 26.7 Å². The molecule has 0 radical (unpaired) electrons. The van der Waals surface area contributed by atoms with E-state index in [1.165, 1.54) is 4.90 Å². The molecule has 4 rings (SSSR count). The molecule has 0 bridgehead atoms. The van der Waals surface area contributed by atoms with E-state index in [-0.39, 0.29) is 18.1 Å². The Morgan fingerprint density at radius 3 is 2.63 bits per heavy atom. The fourth-order valence-electron chi connectivity index (χ4n) is 3.58. The van der Waals surface area contributed by atoms with E-state index in [0.29, 0.717) is 5.82 Å². The smallest absolute Gasteiger partial charge is 0.410 e. The zero-order chi connectivity index (χ0) is 21.5. The van der Waals surface area contributed by atoms with Crippen molar-refractivity contribution in [3.8, 4) is 11.3 Å². The third-order valence-electron chi connectivity index (χ3n) is 5.03. The molecule has 1 aromatic heterocycles. The number of nitrogens with one attached hydrogen (secondary N) is 1. The minimum absolute atomic E-state index is 0.0773.